The molecule has 0 radical (unpaired) electrons. The molecule has 0 aromatic heterocycles. The summed E-state index contributed by atoms with van der Waals surface area (Å²) >= 11 is 0. The molecule has 1 aromatic rings. The Labute approximate surface area is 118 Å². The van der Waals surface area contributed by atoms with E-state index in [9.17, 15) is 14.7 Å². The van der Waals surface area contributed by atoms with Gasteiger partial charge in [0.1, 0.15) is 0 Å². The fraction of sp³-hybridized carbons (Fsp3) is 0.375. The number of likely N-dealkylation sites (tertiary alicyclic amines) is 1. The highest BCUT2D eigenvalue weighted by atomic mass is 16.4. The topological polar surface area (TPSA) is 57.6 Å². The van der Waals surface area contributed by atoms with Gasteiger partial charge in [-0.25, -0.2) is 4.79 Å². The predicted molar refractivity (Wildman–Crippen MR) is 74.9 cm³/mol. The van der Waals surface area contributed by atoms with Crippen molar-refractivity contribution in [3.8, 4) is 12.3 Å². The van der Waals surface area contributed by atoms with Gasteiger partial charge in [0.15, 0.2) is 6.04 Å². The number of carbonyl (C=O) groups is 2. The largest absolute Gasteiger partial charge is 0.479 e. The maximum atomic E-state index is 12.0. The summed E-state index contributed by atoms with van der Waals surface area (Å²) in [6, 6.07) is 4.63. The molecule has 1 N–H and O–H groups in total. The van der Waals surface area contributed by atoms with Crippen molar-refractivity contribution < 1.29 is 14.7 Å². The summed E-state index contributed by atoms with van der Waals surface area (Å²) < 4.78 is 0. The summed E-state index contributed by atoms with van der Waals surface area (Å²) in [5, 5.41) is 9.50. The minimum Gasteiger partial charge on any atom is -0.479 e. The SMILES string of the molecule is C#CC1CC(=O)N(C(C(=O)O)c2cc(C)cc(C)c2)C1. The van der Waals surface area contributed by atoms with Crippen LogP contribution in [-0.2, 0) is 9.59 Å². The number of benzene rings is 1. The fourth-order valence-corrected chi connectivity index (χ4v) is 2.72. The second-order valence-electron chi connectivity index (χ2n) is 5.28. The van der Waals surface area contributed by atoms with E-state index in [1.54, 1.807) is 0 Å². The van der Waals surface area contributed by atoms with Crippen molar-refractivity contribution in [2.75, 3.05) is 6.54 Å². The van der Waals surface area contributed by atoms with Gasteiger partial charge in [-0.2, -0.15) is 0 Å². The molecular weight excluding hydrogens is 254 g/mol. The molecule has 0 bridgehead atoms. The van der Waals surface area contributed by atoms with E-state index in [0.29, 0.717) is 12.1 Å². The summed E-state index contributed by atoms with van der Waals surface area (Å²) in [7, 11) is 0. The Morgan fingerprint density at radius 3 is 2.45 bits per heavy atom. The van der Waals surface area contributed by atoms with E-state index in [0.717, 1.165) is 11.1 Å². The van der Waals surface area contributed by atoms with Gasteiger partial charge in [0, 0.05) is 18.9 Å². The maximum Gasteiger partial charge on any atom is 0.331 e. The first kappa shape index (κ1) is 14.1. The molecule has 2 unspecified atom stereocenters. The van der Waals surface area contributed by atoms with Gasteiger partial charge < -0.3 is 10.0 Å². The lowest BCUT2D eigenvalue weighted by Crippen LogP contribution is -2.35. The van der Waals surface area contributed by atoms with Crippen LogP contribution < -0.4 is 0 Å². The van der Waals surface area contributed by atoms with Crippen LogP contribution in [0.1, 0.15) is 29.2 Å². The van der Waals surface area contributed by atoms with E-state index in [1.165, 1.54) is 4.90 Å². The van der Waals surface area contributed by atoms with Crippen molar-refractivity contribution in [1.29, 1.82) is 0 Å². The van der Waals surface area contributed by atoms with Gasteiger partial charge in [-0.15, -0.1) is 12.3 Å². The van der Waals surface area contributed by atoms with Crippen LogP contribution in [0.15, 0.2) is 18.2 Å². The van der Waals surface area contributed by atoms with Crippen molar-refractivity contribution in [2.45, 2.75) is 26.3 Å². The predicted octanol–water partition coefficient (Wildman–Crippen LogP) is 1.91. The lowest BCUT2D eigenvalue weighted by Gasteiger charge is -2.25. The number of terminal acetylenes is 1. The van der Waals surface area contributed by atoms with Crippen LogP contribution in [0.4, 0.5) is 0 Å². The number of nitrogens with zero attached hydrogens (tertiary/aromatic N) is 1. The summed E-state index contributed by atoms with van der Waals surface area (Å²) in [5.41, 5.74) is 2.58. The molecule has 4 heteroatoms. The van der Waals surface area contributed by atoms with Gasteiger partial charge >= 0.3 is 5.97 Å². The Hall–Kier alpha value is -2.28. The molecule has 1 aromatic carbocycles. The Bertz CT molecular complexity index is 580. The zero-order valence-corrected chi connectivity index (χ0v) is 11.6. The minimum absolute atomic E-state index is 0.195. The number of carboxylic acid groups (broad SMARTS) is 1. The maximum absolute atomic E-state index is 12.0. The van der Waals surface area contributed by atoms with Crippen LogP contribution in [0, 0.1) is 32.1 Å². The number of carboxylic acids is 1. The molecule has 0 aliphatic carbocycles. The van der Waals surface area contributed by atoms with E-state index in [2.05, 4.69) is 5.92 Å². The van der Waals surface area contributed by atoms with Gasteiger partial charge in [-0.1, -0.05) is 29.3 Å². The Kier molecular flexibility index (Phi) is 3.80. The van der Waals surface area contributed by atoms with E-state index in [4.69, 9.17) is 6.42 Å². The number of aryl methyl sites for hydroxylation is 2. The van der Waals surface area contributed by atoms with Crippen LogP contribution in [0.25, 0.3) is 0 Å². The molecule has 1 fully saturated rings. The van der Waals surface area contributed by atoms with Gasteiger partial charge in [0.2, 0.25) is 5.91 Å². The van der Waals surface area contributed by atoms with Gasteiger partial charge in [0.25, 0.3) is 0 Å². The van der Waals surface area contributed by atoms with Crippen LogP contribution in [0.2, 0.25) is 0 Å². The van der Waals surface area contributed by atoms with E-state index in [1.807, 2.05) is 32.0 Å². The first-order chi connectivity index (χ1) is 9.42. The number of hydrogen-bond donors (Lipinski definition) is 1. The average Bonchev–Trinajstić information content (AvgIpc) is 2.69. The Morgan fingerprint density at radius 1 is 1.40 bits per heavy atom. The highest BCUT2D eigenvalue weighted by Crippen LogP contribution is 2.29. The van der Waals surface area contributed by atoms with Crippen LogP contribution >= 0.6 is 0 Å². The zero-order chi connectivity index (χ0) is 14.9. The molecule has 4 nitrogen and oxygen atoms in total. The third kappa shape index (κ3) is 2.67. The molecule has 2 rings (SSSR count). The van der Waals surface area contributed by atoms with Crippen molar-refractivity contribution in [2.24, 2.45) is 5.92 Å². The molecule has 1 saturated heterocycles. The molecule has 20 heavy (non-hydrogen) atoms. The minimum atomic E-state index is -1.03. The molecule has 1 aliphatic rings. The first-order valence-electron chi connectivity index (χ1n) is 6.49. The quantitative estimate of drug-likeness (QED) is 0.854. The van der Waals surface area contributed by atoms with Crippen molar-refractivity contribution in [3.63, 3.8) is 0 Å². The number of carbonyl (C=O) groups excluding carboxylic acids is 1. The summed E-state index contributed by atoms with van der Waals surface area (Å²) in [4.78, 5) is 25.0. The number of aliphatic carboxylic acids is 1. The summed E-state index contributed by atoms with van der Waals surface area (Å²) in [5.74, 6) is 1.12. The molecule has 2 atom stereocenters. The molecule has 1 amide bonds. The van der Waals surface area contributed by atoms with Gasteiger partial charge in [-0.3, -0.25) is 4.79 Å². The highest BCUT2D eigenvalue weighted by Gasteiger charge is 2.38. The van der Waals surface area contributed by atoms with E-state index < -0.39 is 12.0 Å². The summed E-state index contributed by atoms with van der Waals surface area (Å²) in [6.45, 7) is 4.12. The average molecular weight is 271 g/mol. The van der Waals surface area contributed by atoms with Crippen molar-refractivity contribution in [1.82, 2.24) is 4.90 Å². The van der Waals surface area contributed by atoms with Crippen LogP contribution in [0.5, 0.6) is 0 Å². The Balaban J connectivity index is 2.40. The van der Waals surface area contributed by atoms with Crippen LogP contribution in [-0.4, -0.2) is 28.4 Å². The zero-order valence-electron chi connectivity index (χ0n) is 11.6. The first-order valence-corrected chi connectivity index (χ1v) is 6.49. The standard InChI is InChI=1S/C16H17NO3/c1-4-12-8-14(18)17(9-12)15(16(19)20)13-6-10(2)5-11(3)7-13/h1,5-7,12,15H,8-9H2,2-3H3,(H,19,20). The van der Waals surface area contributed by atoms with E-state index in [-0.39, 0.29) is 18.2 Å². The van der Waals surface area contributed by atoms with Crippen molar-refractivity contribution in [3.05, 3.63) is 34.9 Å². The van der Waals surface area contributed by atoms with Gasteiger partial charge in [0.05, 0.1) is 0 Å². The molecule has 0 spiro atoms. The third-order valence-electron chi connectivity index (χ3n) is 3.50. The number of rotatable bonds is 3. The highest BCUT2D eigenvalue weighted by molar-refractivity contribution is 5.86. The van der Waals surface area contributed by atoms with Crippen molar-refractivity contribution >= 4 is 11.9 Å². The lowest BCUT2D eigenvalue weighted by molar-refractivity contribution is -0.148. The molecule has 0 saturated carbocycles. The summed E-state index contributed by atoms with van der Waals surface area (Å²) in [6.07, 6.45) is 5.57. The number of hydrogen-bond acceptors (Lipinski definition) is 2. The monoisotopic (exact) mass is 271 g/mol. The Morgan fingerprint density at radius 2 is 2.00 bits per heavy atom. The second-order valence-corrected chi connectivity index (χ2v) is 5.28. The fourth-order valence-electron chi connectivity index (χ4n) is 2.72. The molecule has 1 aliphatic heterocycles. The van der Waals surface area contributed by atoms with Gasteiger partial charge in [-0.05, 0) is 19.4 Å². The van der Waals surface area contributed by atoms with E-state index >= 15 is 0 Å². The lowest BCUT2D eigenvalue weighted by atomic mass is 10.0. The number of amides is 1. The normalized spacial score (nSPS) is 19.8. The third-order valence-corrected chi connectivity index (χ3v) is 3.50. The molecular formula is C16H17NO3. The smallest absolute Gasteiger partial charge is 0.331 e. The molecule has 1 heterocycles. The molecule has 104 valence electrons. The second kappa shape index (κ2) is 5.38. The van der Waals surface area contributed by atoms with Crippen LogP contribution in [0.3, 0.4) is 0 Å².